The second kappa shape index (κ2) is 4.68. The fraction of sp³-hybridized carbons (Fsp3) is 0.400. The Bertz CT molecular complexity index is 369. The Labute approximate surface area is 92.9 Å². The Hall–Kier alpha value is -1.00. The predicted molar refractivity (Wildman–Crippen MR) is 57.1 cm³/mol. The van der Waals surface area contributed by atoms with Crippen LogP contribution in [0.2, 0.25) is 5.02 Å². The van der Waals surface area contributed by atoms with Gasteiger partial charge < -0.3 is 15.2 Å². The topological polar surface area (TPSA) is 44.5 Å². The molecule has 0 heterocycles. The lowest BCUT2D eigenvalue weighted by molar-refractivity contribution is 0.346. The zero-order valence-electron chi connectivity index (χ0n) is 8.80. The summed E-state index contributed by atoms with van der Waals surface area (Å²) in [4.78, 5) is 0. The molecule has 0 aromatic heterocycles. The van der Waals surface area contributed by atoms with Gasteiger partial charge in [-0.15, -0.1) is 0 Å². The van der Waals surface area contributed by atoms with Gasteiger partial charge >= 0.3 is 0 Å². The second-order valence-corrected chi connectivity index (χ2v) is 3.52. The molecule has 0 saturated heterocycles. The minimum Gasteiger partial charge on any atom is -0.493 e. The van der Waals surface area contributed by atoms with E-state index in [0.29, 0.717) is 5.56 Å². The van der Waals surface area contributed by atoms with Crippen LogP contribution in [-0.2, 0) is 0 Å². The number of hydrogen-bond donors (Lipinski definition) is 1. The van der Waals surface area contributed by atoms with Crippen molar-refractivity contribution >= 4 is 11.6 Å². The van der Waals surface area contributed by atoms with Gasteiger partial charge in [0.25, 0.3) is 0 Å². The standard InChI is InChI=1S/C10H13ClFNO2/c1-5(13)6-4-7(11)10(15-3)8(12)9(6)14-2/h4-5H,13H2,1-3H3. The molecule has 0 radical (unpaired) electrons. The van der Waals surface area contributed by atoms with Crippen molar-refractivity contribution in [3.8, 4) is 11.5 Å². The molecule has 1 aromatic carbocycles. The molecule has 0 aliphatic carbocycles. The number of rotatable bonds is 3. The monoisotopic (exact) mass is 233 g/mol. The van der Waals surface area contributed by atoms with E-state index in [4.69, 9.17) is 26.8 Å². The highest BCUT2D eigenvalue weighted by Crippen LogP contribution is 2.38. The molecule has 15 heavy (non-hydrogen) atoms. The fourth-order valence-electron chi connectivity index (χ4n) is 1.34. The highest BCUT2D eigenvalue weighted by atomic mass is 35.5. The van der Waals surface area contributed by atoms with Gasteiger partial charge in [-0.1, -0.05) is 11.6 Å². The molecule has 1 rings (SSSR count). The SMILES string of the molecule is COc1c(Cl)cc(C(C)N)c(OC)c1F. The van der Waals surface area contributed by atoms with E-state index in [0.717, 1.165) is 0 Å². The van der Waals surface area contributed by atoms with E-state index in [9.17, 15) is 4.39 Å². The third-order valence-electron chi connectivity index (χ3n) is 2.06. The number of methoxy groups -OCH3 is 2. The van der Waals surface area contributed by atoms with Crippen molar-refractivity contribution in [2.75, 3.05) is 14.2 Å². The molecule has 1 aromatic rings. The van der Waals surface area contributed by atoms with E-state index >= 15 is 0 Å². The molecule has 0 aliphatic heterocycles. The van der Waals surface area contributed by atoms with E-state index in [1.807, 2.05) is 0 Å². The lowest BCUT2D eigenvalue weighted by Gasteiger charge is -2.15. The van der Waals surface area contributed by atoms with Gasteiger partial charge in [0.05, 0.1) is 19.2 Å². The van der Waals surface area contributed by atoms with Gasteiger partial charge in [-0.25, -0.2) is 0 Å². The number of ether oxygens (including phenoxy) is 2. The maximum Gasteiger partial charge on any atom is 0.208 e. The summed E-state index contributed by atoms with van der Waals surface area (Å²) < 4.78 is 23.5. The van der Waals surface area contributed by atoms with Crippen LogP contribution in [0.1, 0.15) is 18.5 Å². The molecule has 0 saturated carbocycles. The molecule has 0 bridgehead atoms. The van der Waals surface area contributed by atoms with Crippen molar-refractivity contribution in [1.29, 1.82) is 0 Å². The van der Waals surface area contributed by atoms with E-state index < -0.39 is 5.82 Å². The summed E-state index contributed by atoms with van der Waals surface area (Å²) in [5, 5.41) is 0.183. The number of hydrogen-bond acceptors (Lipinski definition) is 3. The van der Waals surface area contributed by atoms with Crippen molar-refractivity contribution in [2.24, 2.45) is 5.73 Å². The average Bonchev–Trinajstić information content (AvgIpc) is 2.17. The first kappa shape index (κ1) is 12.1. The molecule has 1 atom stereocenters. The van der Waals surface area contributed by atoms with Crippen LogP contribution in [0.4, 0.5) is 4.39 Å². The van der Waals surface area contributed by atoms with Crippen molar-refractivity contribution in [2.45, 2.75) is 13.0 Å². The van der Waals surface area contributed by atoms with Crippen LogP contribution in [-0.4, -0.2) is 14.2 Å². The number of nitrogens with two attached hydrogens (primary N) is 1. The van der Waals surface area contributed by atoms with Gasteiger partial charge in [-0.3, -0.25) is 0 Å². The molecule has 3 nitrogen and oxygen atoms in total. The first-order valence-electron chi connectivity index (χ1n) is 4.38. The van der Waals surface area contributed by atoms with Crippen LogP contribution >= 0.6 is 11.6 Å². The van der Waals surface area contributed by atoms with E-state index in [1.165, 1.54) is 14.2 Å². The van der Waals surface area contributed by atoms with Gasteiger partial charge in [-0.05, 0) is 13.0 Å². The highest BCUT2D eigenvalue weighted by molar-refractivity contribution is 6.32. The summed E-state index contributed by atoms with van der Waals surface area (Å²) in [6.45, 7) is 1.72. The van der Waals surface area contributed by atoms with Crippen LogP contribution < -0.4 is 15.2 Å². The molecule has 0 spiro atoms. The van der Waals surface area contributed by atoms with Crippen LogP contribution in [0.3, 0.4) is 0 Å². The summed E-state index contributed by atoms with van der Waals surface area (Å²) >= 11 is 5.83. The van der Waals surface area contributed by atoms with Crippen LogP contribution in [0, 0.1) is 5.82 Å². The van der Waals surface area contributed by atoms with E-state index in [2.05, 4.69) is 0 Å². The van der Waals surface area contributed by atoms with Crippen molar-refractivity contribution in [3.63, 3.8) is 0 Å². The van der Waals surface area contributed by atoms with E-state index in [-0.39, 0.29) is 22.6 Å². The van der Waals surface area contributed by atoms with Gasteiger partial charge in [0, 0.05) is 11.6 Å². The lowest BCUT2D eigenvalue weighted by atomic mass is 10.1. The minimum absolute atomic E-state index is 0.0297. The van der Waals surface area contributed by atoms with Gasteiger partial charge in [0.1, 0.15) is 0 Å². The van der Waals surface area contributed by atoms with Crippen molar-refractivity contribution < 1.29 is 13.9 Å². The summed E-state index contributed by atoms with van der Waals surface area (Å²) in [5.41, 5.74) is 6.19. The van der Waals surface area contributed by atoms with Gasteiger partial charge in [-0.2, -0.15) is 4.39 Å². The second-order valence-electron chi connectivity index (χ2n) is 3.12. The first-order valence-corrected chi connectivity index (χ1v) is 4.76. The molecule has 0 aliphatic rings. The Balaban J connectivity index is 3.44. The summed E-state index contributed by atoms with van der Waals surface area (Å²) in [7, 11) is 2.72. The lowest BCUT2D eigenvalue weighted by Crippen LogP contribution is -2.09. The van der Waals surface area contributed by atoms with Crippen LogP contribution in [0.25, 0.3) is 0 Å². The summed E-state index contributed by atoms with van der Waals surface area (Å²) in [6, 6.07) is 1.19. The fourth-order valence-corrected chi connectivity index (χ4v) is 1.61. The minimum atomic E-state index is -0.625. The third-order valence-corrected chi connectivity index (χ3v) is 2.34. The zero-order chi connectivity index (χ0) is 11.6. The maximum atomic E-state index is 13.8. The van der Waals surface area contributed by atoms with Crippen molar-refractivity contribution in [1.82, 2.24) is 0 Å². The Morgan fingerprint density at radius 3 is 2.27 bits per heavy atom. The molecule has 0 amide bonds. The van der Waals surface area contributed by atoms with Gasteiger partial charge in [0.15, 0.2) is 11.5 Å². The Morgan fingerprint density at radius 1 is 1.33 bits per heavy atom. The molecular weight excluding hydrogens is 221 g/mol. The molecule has 84 valence electrons. The number of halogens is 2. The average molecular weight is 234 g/mol. The smallest absolute Gasteiger partial charge is 0.208 e. The van der Waals surface area contributed by atoms with Gasteiger partial charge in [0.2, 0.25) is 5.82 Å². The zero-order valence-corrected chi connectivity index (χ0v) is 9.56. The molecule has 2 N–H and O–H groups in total. The van der Waals surface area contributed by atoms with Crippen LogP contribution in [0.15, 0.2) is 6.07 Å². The molecule has 5 heteroatoms. The molecule has 0 fully saturated rings. The largest absolute Gasteiger partial charge is 0.493 e. The quantitative estimate of drug-likeness (QED) is 0.873. The first-order chi connectivity index (χ1) is 7.02. The Morgan fingerprint density at radius 2 is 1.87 bits per heavy atom. The maximum absolute atomic E-state index is 13.8. The summed E-state index contributed by atoms with van der Waals surface area (Å²) in [6.07, 6.45) is 0. The van der Waals surface area contributed by atoms with E-state index in [1.54, 1.807) is 13.0 Å². The molecular formula is C10H13ClFNO2. The predicted octanol–water partition coefficient (Wildman–Crippen LogP) is 2.52. The Kier molecular flexibility index (Phi) is 3.77. The summed E-state index contributed by atoms with van der Waals surface area (Å²) in [5.74, 6) is -0.580. The third kappa shape index (κ3) is 2.16. The number of benzene rings is 1. The van der Waals surface area contributed by atoms with Crippen LogP contribution in [0.5, 0.6) is 11.5 Å². The van der Waals surface area contributed by atoms with Crippen molar-refractivity contribution in [3.05, 3.63) is 22.5 Å². The molecule has 1 unspecified atom stereocenters. The highest BCUT2D eigenvalue weighted by Gasteiger charge is 2.20. The normalized spacial score (nSPS) is 12.4.